The van der Waals surface area contributed by atoms with Crippen LogP contribution in [0.15, 0.2) is 36.4 Å². The molecule has 1 aliphatic rings. The molecule has 1 N–H and O–H groups in total. The molecule has 1 aromatic heterocycles. The molecule has 5 nitrogen and oxygen atoms in total. The van der Waals surface area contributed by atoms with Crippen LogP contribution in [-0.2, 0) is 10.2 Å². The molecule has 2 heterocycles. The predicted molar refractivity (Wildman–Crippen MR) is 94.5 cm³/mol. The maximum Gasteiger partial charge on any atom is 0.236 e. The molecule has 2 aromatic carbocycles. The van der Waals surface area contributed by atoms with Gasteiger partial charge in [0.05, 0.1) is 23.6 Å². The molecule has 0 radical (unpaired) electrons. The average Bonchev–Trinajstić information content (AvgIpc) is 3.08. The Morgan fingerprint density at radius 1 is 1.17 bits per heavy atom. The van der Waals surface area contributed by atoms with Crippen molar-refractivity contribution in [2.45, 2.75) is 19.3 Å². The van der Waals surface area contributed by atoms with E-state index in [1.165, 1.54) is 0 Å². The molecule has 0 bridgehead atoms. The lowest BCUT2D eigenvalue weighted by atomic mass is 9.86. The van der Waals surface area contributed by atoms with Gasteiger partial charge in [0.25, 0.3) is 0 Å². The number of hydrogen-bond donors (Lipinski definition) is 1. The number of methoxy groups -OCH3 is 1. The SMILES string of the molecule is COc1ccc(-c2nc3cc4c(cc3[nH]2)N(C)C(=O)C4(C)C)cc1. The van der Waals surface area contributed by atoms with Gasteiger partial charge in [0.2, 0.25) is 5.91 Å². The third-order valence-corrected chi connectivity index (χ3v) is 4.84. The molecular weight excluding hydrogens is 302 g/mol. The van der Waals surface area contributed by atoms with Gasteiger partial charge in [0, 0.05) is 18.3 Å². The van der Waals surface area contributed by atoms with Gasteiger partial charge in [-0.25, -0.2) is 4.98 Å². The van der Waals surface area contributed by atoms with Gasteiger partial charge in [-0.15, -0.1) is 0 Å². The Morgan fingerprint density at radius 2 is 1.88 bits per heavy atom. The van der Waals surface area contributed by atoms with Gasteiger partial charge in [-0.1, -0.05) is 0 Å². The number of aromatic nitrogens is 2. The van der Waals surface area contributed by atoms with Crippen molar-refractivity contribution in [3.8, 4) is 17.1 Å². The van der Waals surface area contributed by atoms with Crippen LogP contribution in [-0.4, -0.2) is 30.0 Å². The van der Waals surface area contributed by atoms with E-state index in [1.54, 1.807) is 12.0 Å². The first-order valence-corrected chi connectivity index (χ1v) is 7.88. The van der Waals surface area contributed by atoms with Crippen molar-refractivity contribution in [2.24, 2.45) is 0 Å². The van der Waals surface area contributed by atoms with Gasteiger partial charge < -0.3 is 14.6 Å². The Bertz CT molecular complexity index is 955. The first-order valence-electron chi connectivity index (χ1n) is 7.88. The Labute approximate surface area is 140 Å². The molecule has 0 saturated heterocycles. The Balaban J connectivity index is 1.84. The first kappa shape index (κ1) is 14.8. The average molecular weight is 321 g/mol. The zero-order valence-electron chi connectivity index (χ0n) is 14.2. The summed E-state index contributed by atoms with van der Waals surface area (Å²) in [5.74, 6) is 1.74. The van der Waals surface area contributed by atoms with Gasteiger partial charge in [0.1, 0.15) is 11.6 Å². The fraction of sp³-hybridized carbons (Fsp3) is 0.263. The van der Waals surface area contributed by atoms with Crippen molar-refractivity contribution < 1.29 is 9.53 Å². The summed E-state index contributed by atoms with van der Waals surface area (Å²) in [4.78, 5) is 22.2. The van der Waals surface area contributed by atoms with E-state index < -0.39 is 5.41 Å². The van der Waals surface area contributed by atoms with Crippen molar-refractivity contribution in [3.63, 3.8) is 0 Å². The van der Waals surface area contributed by atoms with Crippen molar-refractivity contribution in [1.29, 1.82) is 0 Å². The summed E-state index contributed by atoms with van der Waals surface area (Å²) in [6.07, 6.45) is 0. The summed E-state index contributed by atoms with van der Waals surface area (Å²) >= 11 is 0. The number of nitrogens with zero attached hydrogens (tertiary/aromatic N) is 2. The normalized spacial score (nSPS) is 15.8. The van der Waals surface area contributed by atoms with Crippen LogP contribution in [0.5, 0.6) is 5.75 Å². The van der Waals surface area contributed by atoms with E-state index in [2.05, 4.69) is 4.98 Å². The van der Waals surface area contributed by atoms with Crippen LogP contribution in [0.1, 0.15) is 19.4 Å². The lowest BCUT2D eigenvalue weighted by Gasteiger charge is -2.16. The van der Waals surface area contributed by atoms with Gasteiger partial charge in [-0.3, -0.25) is 4.79 Å². The van der Waals surface area contributed by atoms with Crippen LogP contribution < -0.4 is 9.64 Å². The maximum atomic E-state index is 12.4. The largest absolute Gasteiger partial charge is 0.497 e. The summed E-state index contributed by atoms with van der Waals surface area (Å²) in [6.45, 7) is 3.92. The lowest BCUT2D eigenvalue weighted by Crippen LogP contribution is -2.33. The number of carbonyl (C=O) groups is 1. The molecule has 5 heteroatoms. The second-order valence-electron chi connectivity index (χ2n) is 6.69. The number of aromatic amines is 1. The van der Waals surface area contributed by atoms with Crippen LogP contribution in [0.2, 0.25) is 0 Å². The molecule has 1 amide bonds. The number of nitrogens with one attached hydrogen (secondary N) is 1. The predicted octanol–water partition coefficient (Wildman–Crippen LogP) is 3.49. The van der Waals surface area contributed by atoms with Crippen LogP contribution in [0, 0.1) is 0 Å². The lowest BCUT2D eigenvalue weighted by molar-refractivity contribution is -0.121. The Hall–Kier alpha value is -2.82. The molecule has 0 spiro atoms. The highest BCUT2D eigenvalue weighted by Crippen LogP contribution is 2.42. The molecule has 122 valence electrons. The first-order chi connectivity index (χ1) is 11.4. The van der Waals surface area contributed by atoms with Crippen molar-refractivity contribution in [1.82, 2.24) is 9.97 Å². The third kappa shape index (κ3) is 1.94. The standard InChI is InChI=1S/C19H19N3O2/c1-19(2)13-9-14-15(10-16(13)22(3)18(19)23)21-17(20-14)11-5-7-12(24-4)8-6-11/h5-10H,1-4H3,(H,20,21). The van der Waals surface area contributed by atoms with Crippen LogP contribution in [0.4, 0.5) is 5.69 Å². The van der Waals surface area contributed by atoms with E-state index in [1.807, 2.05) is 57.3 Å². The van der Waals surface area contributed by atoms with Crippen molar-refractivity contribution in [2.75, 3.05) is 19.1 Å². The highest BCUT2D eigenvalue weighted by molar-refractivity contribution is 6.09. The van der Waals surface area contributed by atoms with E-state index in [4.69, 9.17) is 9.72 Å². The van der Waals surface area contributed by atoms with Crippen LogP contribution >= 0.6 is 0 Å². The summed E-state index contributed by atoms with van der Waals surface area (Å²) in [7, 11) is 3.47. The summed E-state index contributed by atoms with van der Waals surface area (Å²) in [5.41, 5.74) is 4.25. The fourth-order valence-electron chi connectivity index (χ4n) is 3.35. The van der Waals surface area contributed by atoms with Gasteiger partial charge in [-0.2, -0.15) is 0 Å². The van der Waals surface area contributed by atoms with E-state index in [9.17, 15) is 4.79 Å². The maximum absolute atomic E-state index is 12.4. The smallest absolute Gasteiger partial charge is 0.236 e. The molecule has 0 aliphatic carbocycles. The van der Waals surface area contributed by atoms with Crippen LogP contribution in [0.25, 0.3) is 22.4 Å². The highest BCUT2D eigenvalue weighted by Gasteiger charge is 2.42. The van der Waals surface area contributed by atoms with Crippen LogP contribution in [0.3, 0.4) is 0 Å². The third-order valence-electron chi connectivity index (χ3n) is 4.84. The van der Waals surface area contributed by atoms with Crippen molar-refractivity contribution in [3.05, 3.63) is 42.0 Å². The van der Waals surface area contributed by atoms with E-state index >= 15 is 0 Å². The van der Waals surface area contributed by atoms with Gasteiger partial charge in [-0.05, 0) is 55.8 Å². The molecule has 0 fully saturated rings. The quantitative estimate of drug-likeness (QED) is 0.786. The van der Waals surface area contributed by atoms with Crippen molar-refractivity contribution >= 4 is 22.6 Å². The van der Waals surface area contributed by atoms with E-state index in [-0.39, 0.29) is 5.91 Å². The Kier molecular flexibility index (Phi) is 2.97. The number of ether oxygens (including phenoxy) is 1. The molecule has 0 saturated carbocycles. The molecular formula is C19H19N3O2. The highest BCUT2D eigenvalue weighted by atomic mass is 16.5. The molecule has 1 aliphatic heterocycles. The molecule has 24 heavy (non-hydrogen) atoms. The number of H-pyrrole nitrogens is 1. The monoisotopic (exact) mass is 321 g/mol. The van der Waals surface area contributed by atoms with E-state index in [0.717, 1.165) is 39.4 Å². The minimum atomic E-state index is -0.516. The number of imidazole rings is 1. The summed E-state index contributed by atoms with van der Waals surface area (Å²) in [5, 5.41) is 0. The molecule has 0 atom stereocenters. The summed E-state index contributed by atoms with van der Waals surface area (Å²) < 4.78 is 5.19. The number of likely N-dealkylation sites (N-methyl/N-ethyl adjacent to an activating group) is 1. The van der Waals surface area contributed by atoms with Gasteiger partial charge in [0.15, 0.2) is 0 Å². The number of amides is 1. The number of rotatable bonds is 2. The number of hydrogen-bond acceptors (Lipinski definition) is 3. The Morgan fingerprint density at radius 3 is 2.54 bits per heavy atom. The number of fused-ring (bicyclic) bond motifs is 2. The minimum Gasteiger partial charge on any atom is -0.497 e. The van der Waals surface area contributed by atoms with Gasteiger partial charge >= 0.3 is 0 Å². The molecule has 3 aromatic rings. The topological polar surface area (TPSA) is 58.2 Å². The zero-order valence-corrected chi connectivity index (χ0v) is 14.2. The number of carbonyl (C=O) groups excluding carboxylic acids is 1. The molecule has 0 unspecified atom stereocenters. The zero-order chi connectivity index (χ0) is 17.1. The second-order valence-corrected chi connectivity index (χ2v) is 6.69. The summed E-state index contributed by atoms with van der Waals surface area (Å²) in [6, 6.07) is 11.8. The number of benzene rings is 2. The number of anilines is 1. The minimum absolute atomic E-state index is 0.112. The second kappa shape index (κ2) is 4.84. The van der Waals surface area contributed by atoms with E-state index in [0.29, 0.717) is 0 Å². The fourth-order valence-corrected chi connectivity index (χ4v) is 3.35. The molecule has 4 rings (SSSR count).